The van der Waals surface area contributed by atoms with E-state index in [-0.39, 0.29) is 5.91 Å². The molecule has 0 aliphatic carbocycles. The number of piperazine rings is 1. The first-order valence-electron chi connectivity index (χ1n) is 11.0. The third-order valence-corrected chi connectivity index (χ3v) is 5.99. The number of benzene rings is 2. The molecule has 0 radical (unpaired) electrons. The molecule has 162 valence electrons. The van der Waals surface area contributed by atoms with Gasteiger partial charge in [-0.1, -0.05) is 45.0 Å². The number of hydrogen-bond acceptors (Lipinski definition) is 4. The predicted octanol–water partition coefficient (Wildman–Crippen LogP) is 4.14. The zero-order valence-electron chi connectivity index (χ0n) is 18.7. The molecule has 3 rings (SSSR count). The van der Waals surface area contributed by atoms with Crippen LogP contribution in [0.15, 0.2) is 36.4 Å². The molecule has 2 N–H and O–H groups in total. The third-order valence-electron chi connectivity index (χ3n) is 5.99. The van der Waals surface area contributed by atoms with Gasteiger partial charge in [-0.25, -0.2) is 0 Å². The maximum Gasteiger partial charge on any atom is 0.238 e. The van der Waals surface area contributed by atoms with Crippen LogP contribution >= 0.6 is 0 Å². The zero-order valence-corrected chi connectivity index (χ0v) is 18.7. The minimum Gasteiger partial charge on any atom is -0.508 e. The topological polar surface area (TPSA) is 55.8 Å². The Labute approximate surface area is 180 Å². The fourth-order valence-electron chi connectivity index (χ4n) is 4.20. The van der Waals surface area contributed by atoms with Crippen LogP contribution in [0.5, 0.6) is 5.75 Å². The minimum atomic E-state index is 0.0436. The van der Waals surface area contributed by atoms with Gasteiger partial charge in [-0.05, 0) is 48.1 Å². The molecule has 1 aliphatic rings. The van der Waals surface area contributed by atoms with Crippen molar-refractivity contribution in [3.8, 4) is 5.75 Å². The van der Waals surface area contributed by atoms with Crippen LogP contribution in [0.3, 0.4) is 0 Å². The lowest BCUT2D eigenvalue weighted by Crippen LogP contribution is -2.48. The zero-order chi connectivity index (χ0) is 21.7. The Bertz CT molecular complexity index is 871. The van der Waals surface area contributed by atoms with Gasteiger partial charge in [0.25, 0.3) is 0 Å². The summed E-state index contributed by atoms with van der Waals surface area (Å²) in [4.78, 5) is 17.1. The maximum atomic E-state index is 12.5. The number of carbonyl (C=O) groups is 1. The Morgan fingerprint density at radius 1 is 1.07 bits per heavy atom. The molecule has 5 nitrogen and oxygen atoms in total. The average Bonchev–Trinajstić information content (AvgIpc) is 2.71. The standard InChI is InChI=1S/C25H35N3O2/c1-5-20-8-6-7-9-23(20)26-25(30)17-28-12-10-27(11-13-28)16-21-15-22(18(2)3)19(4)14-24(21)29/h6-9,14-15,18,29H,5,10-13,16-17H2,1-4H3,(H,26,30). The summed E-state index contributed by atoms with van der Waals surface area (Å²) in [7, 11) is 0. The van der Waals surface area contributed by atoms with Crippen LogP contribution in [0.1, 0.15) is 48.9 Å². The van der Waals surface area contributed by atoms with Crippen molar-refractivity contribution in [2.45, 2.75) is 46.6 Å². The molecule has 0 aromatic heterocycles. The van der Waals surface area contributed by atoms with Crippen LogP contribution in [0.4, 0.5) is 5.69 Å². The van der Waals surface area contributed by atoms with Crippen LogP contribution in [0.2, 0.25) is 0 Å². The van der Waals surface area contributed by atoms with Gasteiger partial charge in [-0.15, -0.1) is 0 Å². The molecule has 0 spiro atoms. The van der Waals surface area contributed by atoms with E-state index in [1.54, 1.807) is 0 Å². The Morgan fingerprint density at radius 3 is 2.40 bits per heavy atom. The highest BCUT2D eigenvalue weighted by atomic mass is 16.3. The molecule has 0 unspecified atom stereocenters. The van der Waals surface area contributed by atoms with Crippen molar-refractivity contribution in [3.63, 3.8) is 0 Å². The number of aryl methyl sites for hydroxylation is 2. The first-order valence-corrected chi connectivity index (χ1v) is 11.0. The molecular weight excluding hydrogens is 374 g/mol. The van der Waals surface area contributed by atoms with E-state index in [0.29, 0.717) is 18.2 Å². The summed E-state index contributed by atoms with van der Waals surface area (Å²) in [6, 6.07) is 12.0. The monoisotopic (exact) mass is 409 g/mol. The molecule has 2 aromatic rings. The van der Waals surface area contributed by atoms with Gasteiger partial charge in [-0.2, -0.15) is 0 Å². The van der Waals surface area contributed by atoms with E-state index in [4.69, 9.17) is 0 Å². The van der Waals surface area contributed by atoms with Crippen molar-refractivity contribution in [2.24, 2.45) is 0 Å². The Balaban J connectivity index is 1.52. The molecule has 1 aliphatic heterocycles. The van der Waals surface area contributed by atoms with Gasteiger partial charge in [0.05, 0.1) is 6.54 Å². The van der Waals surface area contributed by atoms with E-state index in [1.807, 2.05) is 24.3 Å². The number of carbonyl (C=O) groups excluding carboxylic acids is 1. The van der Waals surface area contributed by atoms with Crippen molar-refractivity contribution in [1.29, 1.82) is 0 Å². The lowest BCUT2D eigenvalue weighted by Gasteiger charge is -2.34. The molecule has 1 saturated heterocycles. The number of hydrogen-bond donors (Lipinski definition) is 2. The van der Waals surface area contributed by atoms with E-state index < -0.39 is 0 Å². The number of phenolic OH excluding ortho intramolecular Hbond substituents is 1. The van der Waals surface area contributed by atoms with Gasteiger partial charge < -0.3 is 10.4 Å². The number of phenols is 1. The summed E-state index contributed by atoms with van der Waals surface area (Å²) < 4.78 is 0. The number of rotatable bonds is 7. The summed E-state index contributed by atoms with van der Waals surface area (Å²) in [6.45, 7) is 13.2. The highest BCUT2D eigenvalue weighted by Crippen LogP contribution is 2.28. The Morgan fingerprint density at radius 2 is 1.73 bits per heavy atom. The lowest BCUT2D eigenvalue weighted by atomic mass is 9.95. The van der Waals surface area contributed by atoms with Gasteiger partial charge in [0.15, 0.2) is 0 Å². The van der Waals surface area contributed by atoms with Crippen molar-refractivity contribution in [3.05, 3.63) is 58.7 Å². The Hall–Kier alpha value is -2.37. The van der Waals surface area contributed by atoms with Gasteiger partial charge in [0.2, 0.25) is 5.91 Å². The fraction of sp³-hybridized carbons (Fsp3) is 0.480. The lowest BCUT2D eigenvalue weighted by molar-refractivity contribution is -0.117. The summed E-state index contributed by atoms with van der Waals surface area (Å²) in [5, 5.41) is 13.5. The number of nitrogens with one attached hydrogen (secondary N) is 1. The molecule has 1 fully saturated rings. The van der Waals surface area contributed by atoms with Gasteiger partial charge >= 0.3 is 0 Å². The molecular formula is C25H35N3O2. The quantitative estimate of drug-likeness (QED) is 0.722. The second kappa shape index (κ2) is 10.1. The molecule has 2 aromatic carbocycles. The van der Waals surface area contributed by atoms with Crippen molar-refractivity contribution in [2.75, 3.05) is 38.0 Å². The SMILES string of the molecule is CCc1ccccc1NC(=O)CN1CCN(Cc2cc(C(C)C)c(C)cc2O)CC1. The molecule has 5 heteroatoms. The highest BCUT2D eigenvalue weighted by molar-refractivity contribution is 5.93. The van der Waals surface area contributed by atoms with Gasteiger partial charge in [0.1, 0.15) is 5.75 Å². The normalized spacial score (nSPS) is 15.5. The van der Waals surface area contributed by atoms with E-state index in [9.17, 15) is 9.90 Å². The van der Waals surface area contributed by atoms with E-state index >= 15 is 0 Å². The van der Waals surface area contributed by atoms with E-state index in [0.717, 1.165) is 61.5 Å². The van der Waals surface area contributed by atoms with Gasteiger partial charge in [0, 0.05) is 44.0 Å². The molecule has 1 heterocycles. The van der Waals surface area contributed by atoms with E-state index in [2.05, 4.69) is 54.9 Å². The fourth-order valence-corrected chi connectivity index (χ4v) is 4.20. The van der Waals surface area contributed by atoms with Crippen LogP contribution in [0.25, 0.3) is 0 Å². The molecule has 30 heavy (non-hydrogen) atoms. The average molecular weight is 410 g/mol. The second-order valence-corrected chi connectivity index (χ2v) is 8.60. The highest BCUT2D eigenvalue weighted by Gasteiger charge is 2.21. The second-order valence-electron chi connectivity index (χ2n) is 8.60. The van der Waals surface area contributed by atoms with Crippen LogP contribution in [0, 0.1) is 6.92 Å². The first kappa shape index (κ1) is 22.3. The summed E-state index contributed by atoms with van der Waals surface area (Å²) in [5.41, 5.74) is 5.51. The van der Waals surface area contributed by atoms with E-state index in [1.165, 1.54) is 5.56 Å². The number of para-hydroxylation sites is 1. The maximum absolute atomic E-state index is 12.5. The summed E-state index contributed by atoms with van der Waals surface area (Å²) in [5.74, 6) is 0.868. The number of anilines is 1. The van der Waals surface area contributed by atoms with Gasteiger partial charge in [-0.3, -0.25) is 14.6 Å². The number of amides is 1. The molecule has 0 bridgehead atoms. The van der Waals surface area contributed by atoms with Crippen molar-refractivity contribution < 1.29 is 9.90 Å². The van der Waals surface area contributed by atoms with Crippen LogP contribution in [-0.2, 0) is 17.8 Å². The van der Waals surface area contributed by atoms with Crippen molar-refractivity contribution in [1.82, 2.24) is 9.80 Å². The smallest absolute Gasteiger partial charge is 0.238 e. The number of nitrogens with zero attached hydrogens (tertiary/aromatic N) is 2. The summed E-state index contributed by atoms with van der Waals surface area (Å²) in [6.07, 6.45) is 0.902. The minimum absolute atomic E-state index is 0.0436. The third kappa shape index (κ3) is 5.61. The Kier molecular flexibility index (Phi) is 7.51. The van der Waals surface area contributed by atoms with Crippen molar-refractivity contribution >= 4 is 11.6 Å². The molecule has 1 amide bonds. The molecule has 0 atom stereocenters. The number of aromatic hydroxyl groups is 1. The van der Waals surface area contributed by atoms with Crippen LogP contribution in [-0.4, -0.2) is 53.5 Å². The predicted molar refractivity (Wildman–Crippen MR) is 123 cm³/mol. The summed E-state index contributed by atoms with van der Waals surface area (Å²) >= 11 is 0. The van der Waals surface area contributed by atoms with Crippen LogP contribution < -0.4 is 5.32 Å². The first-order chi connectivity index (χ1) is 14.4. The largest absolute Gasteiger partial charge is 0.508 e. The molecule has 0 saturated carbocycles.